The molecule has 2 aromatic carbocycles. The first-order valence-electron chi connectivity index (χ1n) is 14.0. The highest BCUT2D eigenvalue weighted by molar-refractivity contribution is 8.26. The number of benzene rings is 2. The van der Waals surface area contributed by atoms with Crippen molar-refractivity contribution in [3.05, 3.63) is 97.1 Å². The summed E-state index contributed by atoms with van der Waals surface area (Å²) >= 11 is 13.2. The number of aromatic nitrogens is 1. The molecule has 0 unspecified atom stereocenters. The van der Waals surface area contributed by atoms with Crippen molar-refractivity contribution in [2.75, 3.05) is 36.0 Å². The molecule has 10 heteroatoms. The summed E-state index contributed by atoms with van der Waals surface area (Å²) in [4.78, 5) is 33.9. The number of para-hydroxylation sites is 1. The zero-order valence-electron chi connectivity index (χ0n) is 23.7. The lowest BCUT2D eigenvalue weighted by molar-refractivity contribution is -0.122. The van der Waals surface area contributed by atoms with Crippen molar-refractivity contribution < 1.29 is 4.79 Å². The Labute approximate surface area is 261 Å². The summed E-state index contributed by atoms with van der Waals surface area (Å²) in [5.74, 6) is 0.544. The van der Waals surface area contributed by atoms with E-state index in [4.69, 9.17) is 23.8 Å². The number of piperazine rings is 1. The molecule has 2 aliphatic rings. The van der Waals surface area contributed by atoms with E-state index in [1.165, 1.54) is 17.4 Å². The topological polar surface area (TPSA) is 72.6 Å². The smallest absolute Gasteiger partial charge is 0.270 e. The lowest BCUT2D eigenvalue weighted by Gasteiger charge is -2.39. The second-order valence-electron chi connectivity index (χ2n) is 10.3. The molecule has 0 aliphatic carbocycles. The van der Waals surface area contributed by atoms with Gasteiger partial charge in [-0.25, -0.2) is 0 Å². The van der Waals surface area contributed by atoms with Crippen molar-refractivity contribution in [3.8, 4) is 6.07 Å². The summed E-state index contributed by atoms with van der Waals surface area (Å²) in [5, 5.41) is 10.6. The van der Waals surface area contributed by atoms with Crippen LogP contribution in [0.25, 0.3) is 6.08 Å². The summed E-state index contributed by atoms with van der Waals surface area (Å²) in [7, 11) is 0. The number of anilines is 2. The summed E-state index contributed by atoms with van der Waals surface area (Å²) in [6.45, 7) is 7.59. The van der Waals surface area contributed by atoms with Gasteiger partial charge in [0.25, 0.3) is 11.5 Å². The number of amides is 1. The van der Waals surface area contributed by atoms with Crippen LogP contribution in [-0.2, 0) is 17.9 Å². The van der Waals surface area contributed by atoms with Gasteiger partial charge < -0.3 is 9.80 Å². The molecule has 3 aromatic rings. The monoisotopic (exact) mass is 617 g/mol. The molecule has 0 N–H and O–H groups in total. The Balaban J connectivity index is 1.55. The number of hydrogen-bond acceptors (Lipinski definition) is 7. The third-order valence-corrected chi connectivity index (χ3v) is 9.46. The Morgan fingerprint density at radius 1 is 1.02 bits per heavy atom. The Morgan fingerprint density at radius 2 is 1.69 bits per heavy atom. The van der Waals surface area contributed by atoms with Gasteiger partial charge in [0.05, 0.1) is 11.4 Å². The van der Waals surface area contributed by atoms with Gasteiger partial charge in [-0.2, -0.15) is 5.26 Å². The first kappa shape index (κ1) is 29.9. The lowest BCUT2D eigenvalue weighted by atomic mass is 10.0. The molecule has 5 rings (SSSR count). The van der Waals surface area contributed by atoms with Gasteiger partial charge in [-0.05, 0) is 48.7 Å². The minimum atomic E-state index is -0.285. The summed E-state index contributed by atoms with van der Waals surface area (Å²) < 4.78 is 2.19. The van der Waals surface area contributed by atoms with Gasteiger partial charge in [-0.15, -0.1) is 0 Å². The van der Waals surface area contributed by atoms with Crippen LogP contribution in [0, 0.1) is 18.3 Å². The van der Waals surface area contributed by atoms with Gasteiger partial charge in [-0.3, -0.25) is 19.1 Å². The molecule has 2 fully saturated rings. The molecular formula is C32H32ClN5O2S2. The van der Waals surface area contributed by atoms with Crippen molar-refractivity contribution in [2.24, 2.45) is 0 Å². The number of rotatable bonds is 8. The zero-order chi connectivity index (χ0) is 29.8. The Kier molecular flexibility index (Phi) is 9.37. The van der Waals surface area contributed by atoms with E-state index in [1.54, 1.807) is 22.5 Å². The van der Waals surface area contributed by atoms with Crippen molar-refractivity contribution in [3.63, 3.8) is 0 Å². The van der Waals surface area contributed by atoms with E-state index in [1.807, 2.05) is 42.5 Å². The highest BCUT2D eigenvalue weighted by Gasteiger charge is 2.34. The van der Waals surface area contributed by atoms with Gasteiger partial charge in [0, 0.05) is 49.0 Å². The molecule has 42 heavy (non-hydrogen) atoms. The molecular weight excluding hydrogens is 586 g/mol. The Hall–Kier alpha value is -3.58. The molecule has 3 heterocycles. The number of unbranched alkanes of at least 4 members (excludes halogenated alkanes) is 1. The van der Waals surface area contributed by atoms with E-state index < -0.39 is 0 Å². The van der Waals surface area contributed by atoms with Crippen molar-refractivity contribution in [1.82, 2.24) is 9.47 Å². The van der Waals surface area contributed by atoms with Crippen LogP contribution in [0.4, 0.5) is 11.5 Å². The number of nitrogens with zero attached hydrogens (tertiary/aromatic N) is 5. The molecule has 7 nitrogen and oxygen atoms in total. The number of carbonyl (C=O) groups is 1. The molecule has 0 spiro atoms. The van der Waals surface area contributed by atoms with E-state index in [9.17, 15) is 14.9 Å². The van der Waals surface area contributed by atoms with Crippen LogP contribution in [0.1, 0.15) is 42.0 Å². The fourth-order valence-corrected chi connectivity index (χ4v) is 6.82. The predicted octanol–water partition coefficient (Wildman–Crippen LogP) is 6.21. The maximum absolute atomic E-state index is 13.7. The fraction of sp³-hybridized carbons (Fsp3) is 0.312. The van der Waals surface area contributed by atoms with Crippen LogP contribution in [-0.4, -0.2) is 45.9 Å². The van der Waals surface area contributed by atoms with Gasteiger partial charge in [-0.1, -0.05) is 85.3 Å². The van der Waals surface area contributed by atoms with Crippen LogP contribution >= 0.6 is 35.6 Å². The lowest BCUT2D eigenvalue weighted by Crippen LogP contribution is -2.48. The molecule has 1 amide bonds. The van der Waals surface area contributed by atoms with E-state index in [0.29, 0.717) is 45.0 Å². The fourth-order valence-electron chi connectivity index (χ4n) is 5.39. The molecule has 2 saturated heterocycles. The summed E-state index contributed by atoms with van der Waals surface area (Å²) in [6.07, 6.45) is 3.52. The van der Waals surface area contributed by atoms with Gasteiger partial charge in [0.1, 0.15) is 21.8 Å². The first-order valence-corrected chi connectivity index (χ1v) is 15.7. The number of thiocarbonyl (C=S) groups is 1. The Morgan fingerprint density at radius 3 is 2.36 bits per heavy atom. The highest BCUT2D eigenvalue weighted by atomic mass is 35.5. The first-order chi connectivity index (χ1) is 20.3. The largest absolute Gasteiger partial charge is 0.368 e. The van der Waals surface area contributed by atoms with E-state index in [2.05, 4.69) is 34.9 Å². The van der Waals surface area contributed by atoms with Gasteiger partial charge in [0.15, 0.2) is 0 Å². The van der Waals surface area contributed by atoms with Crippen LogP contribution in [0.3, 0.4) is 0 Å². The summed E-state index contributed by atoms with van der Waals surface area (Å²) in [5.41, 5.74) is 3.09. The number of pyridine rings is 1. The standard InChI is InChI=1S/C32H32ClN5O2S2/c1-3-4-14-37-29(36-17-15-35(16-18-36)24-11-6-5-7-12-24)25(22(2)26(20-34)30(37)39)19-28-31(40)38(32(41)42-28)21-23-10-8-9-13-27(23)33/h5-13,19H,3-4,14-18,21H2,1-2H3. The number of hydrogen-bond donors (Lipinski definition) is 0. The van der Waals surface area contributed by atoms with Gasteiger partial charge in [0.2, 0.25) is 0 Å². The van der Waals surface area contributed by atoms with Crippen molar-refractivity contribution in [1.29, 1.82) is 5.26 Å². The molecule has 1 aromatic heterocycles. The van der Waals surface area contributed by atoms with E-state index in [0.717, 1.165) is 37.3 Å². The quantitative estimate of drug-likeness (QED) is 0.220. The maximum Gasteiger partial charge on any atom is 0.270 e. The minimum absolute atomic E-state index is 0.107. The highest BCUT2D eigenvalue weighted by Crippen LogP contribution is 2.37. The number of carbonyl (C=O) groups excluding carboxylic acids is 1. The third kappa shape index (κ3) is 5.98. The van der Waals surface area contributed by atoms with Crippen molar-refractivity contribution >= 4 is 63.4 Å². The molecule has 0 saturated carbocycles. The summed E-state index contributed by atoms with van der Waals surface area (Å²) in [6, 6.07) is 19.8. The molecule has 0 bridgehead atoms. The molecule has 0 atom stereocenters. The molecule has 0 radical (unpaired) electrons. The normalized spacial score (nSPS) is 16.4. The predicted molar refractivity (Wildman–Crippen MR) is 176 cm³/mol. The number of halogens is 1. The minimum Gasteiger partial charge on any atom is -0.368 e. The average molecular weight is 618 g/mol. The van der Waals surface area contributed by atoms with Crippen molar-refractivity contribution in [2.45, 2.75) is 39.8 Å². The van der Waals surface area contributed by atoms with Crippen LogP contribution in [0.15, 0.2) is 64.3 Å². The SMILES string of the molecule is CCCCn1c(N2CCN(c3ccccc3)CC2)c(C=C2SC(=S)N(Cc3ccccc3Cl)C2=O)c(C)c(C#N)c1=O. The van der Waals surface area contributed by atoms with Crippen LogP contribution in [0.2, 0.25) is 5.02 Å². The zero-order valence-corrected chi connectivity index (χ0v) is 26.1. The maximum atomic E-state index is 13.7. The van der Waals surface area contributed by atoms with Crippen LogP contribution in [0.5, 0.6) is 0 Å². The second-order valence-corrected chi connectivity index (χ2v) is 12.4. The van der Waals surface area contributed by atoms with Gasteiger partial charge >= 0.3 is 0 Å². The number of nitriles is 1. The number of thioether (sulfide) groups is 1. The van der Waals surface area contributed by atoms with E-state index >= 15 is 0 Å². The third-order valence-electron chi connectivity index (χ3n) is 7.72. The second kappa shape index (κ2) is 13.2. The van der Waals surface area contributed by atoms with E-state index in [-0.39, 0.29) is 23.6 Å². The average Bonchev–Trinajstić information content (AvgIpc) is 3.27. The molecule has 2 aliphatic heterocycles. The van der Waals surface area contributed by atoms with Crippen LogP contribution < -0.4 is 15.4 Å². The molecule has 216 valence electrons. The Bertz CT molecular complexity index is 1640.